The third-order valence-electron chi connectivity index (χ3n) is 3.28. The minimum absolute atomic E-state index is 0.0114. The van der Waals surface area contributed by atoms with Crippen LogP contribution >= 0.6 is 15.9 Å². The highest BCUT2D eigenvalue weighted by Crippen LogP contribution is 2.26. The maximum Gasteiger partial charge on any atom is 0.264 e. The second-order valence-electron chi connectivity index (χ2n) is 5.07. The number of sulfonamides is 1. The monoisotopic (exact) mass is 394 g/mol. The van der Waals surface area contributed by atoms with E-state index in [0.29, 0.717) is 15.4 Å². The van der Waals surface area contributed by atoms with Gasteiger partial charge < -0.3 is 0 Å². The molecule has 118 valence electrons. The van der Waals surface area contributed by atoms with Crippen molar-refractivity contribution in [2.45, 2.75) is 11.8 Å². The summed E-state index contributed by atoms with van der Waals surface area (Å²) in [5.41, 5.74) is 1.17. The van der Waals surface area contributed by atoms with Crippen LogP contribution in [0, 0.1) is 12.7 Å². The molecule has 2 aromatic carbocycles. The zero-order chi connectivity index (χ0) is 16.6. The zero-order valence-corrected chi connectivity index (χ0v) is 14.4. The average molecular weight is 395 g/mol. The van der Waals surface area contributed by atoms with Crippen molar-refractivity contribution in [2.75, 3.05) is 4.72 Å². The van der Waals surface area contributed by atoms with Crippen molar-refractivity contribution in [1.29, 1.82) is 0 Å². The van der Waals surface area contributed by atoms with Crippen LogP contribution in [0.15, 0.2) is 58.0 Å². The van der Waals surface area contributed by atoms with Crippen molar-refractivity contribution in [3.8, 4) is 0 Å². The maximum atomic E-state index is 13.9. The van der Waals surface area contributed by atoms with E-state index < -0.39 is 15.8 Å². The van der Waals surface area contributed by atoms with Crippen molar-refractivity contribution in [1.82, 2.24) is 4.98 Å². The summed E-state index contributed by atoms with van der Waals surface area (Å²) in [7, 11) is -3.96. The fraction of sp³-hybridized carbons (Fsp3) is 0.0625. The van der Waals surface area contributed by atoms with E-state index in [1.165, 1.54) is 18.2 Å². The van der Waals surface area contributed by atoms with Crippen molar-refractivity contribution in [2.24, 2.45) is 0 Å². The minimum Gasteiger partial charge on any atom is -0.277 e. The van der Waals surface area contributed by atoms with E-state index in [1.807, 2.05) is 13.0 Å². The normalized spacial score (nSPS) is 11.6. The van der Waals surface area contributed by atoms with Gasteiger partial charge in [-0.1, -0.05) is 28.1 Å². The zero-order valence-electron chi connectivity index (χ0n) is 12.0. The lowest BCUT2D eigenvalue weighted by Crippen LogP contribution is -2.14. The van der Waals surface area contributed by atoms with Gasteiger partial charge in [-0.25, -0.2) is 12.8 Å². The molecule has 7 heteroatoms. The largest absolute Gasteiger partial charge is 0.277 e. The molecule has 0 aliphatic rings. The molecule has 4 nitrogen and oxygen atoms in total. The lowest BCUT2D eigenvalue weighted by atomic mass is 10.2. The summed E-state index contributed by atoms with van der Waals surface area (Å²) < 4.78 is 41.9. The van der Waals surface area contributed by atoms with Gasteiger partial charge in [0.25, 0.3) is 10.0 Å². The SMILES string of the molecule is Cc1cnc2c(S(=O)(=O)Nc3ccc(Br)cc3F)cccc2c1. The summed E-state index contributed by atoms with van der Waals surface area (Å²) in [5, 5.41) is 0.712. The molecule has 0 bridgehead atoms. The third-order valence-corrected chi connectivity index (χ3v) is 5.17. The van der Waals surface area contributed by atoms with Gasteiger partial charge in [-0.3, -0.25) is 9.71 Å². The third kappa shape index (κ3) is 3.20. The number of para-hydroxylation sites is 1. The Morgan fingerprint density at radius 1 is 1.17 bits per heavy atom. The van der Waals surface area contributed by atoms with Gasteiger partial charge in [0.1, 0.15) is 10.7 Å². The van der Waals surface area contributed by atoms with E-state index >= 15 is 0 Å². The summed E-state index contributed by atoms with van der Waals surface area (Å²) in [6, 6.07) is 10.8. The molecule has 1 aromatic heterocycles. The summed E-state index contributed by atoms with van der Waals surface area (Å²) in [6.45, 7) is 1.88. The number of hydrogen-bond donors (Lipinski definition) is 1. The van der Waals surface area contributed by atoms with E-state index in [-0.39, 0.29) is 10.6 Å². The van der Waals surface area contributed by atoms with Crippen LogP contribution in [-0.2, 0) is 10.0 Å². The predicted octanol–water partition coefficient (Wildman–Crippen LogP) is 4.25. The van der Waals surface area contributed by atoms with Crippen molar-refractivity contribution in [3.63, 3.8) is 0 Å². The molecular formula is C16H12BrFN2O2S. The number of nitrogens with one attached hydrogen (secondary N) is 1. The Morgan fingerprint density at radius 3 is 2.70 bits per heavy atom. The topological polar surface area (TPSA) is 59.1 Å². The second-order valence-corrected chi connectivity index (χ2v) is 7.64. The number of pyridine rings is 1. The standard InChI is InChI=1S/C16H12BrFN2O2S/c1-10-7-11-3-2-4-15(16(11)19-9-10)23(21,22)20-14-6-5-12(17)8-13(14)18/h2-9,20H,1H3. The first-order valence-electron chi connectivity index (χ1n) is 6.70. The summed E-state index contributed by atoms with van der Waals surface area (Å²) in [4.78, 5) is 4.22. The number of aryl methyl sites for hydroxylation is 1. The van der Waals surface area contributed by atoms with Crippen LogP contribution in [0.1, 0.15) is 5.56 Å². The van der Waals surface area contributed by atoms with E-state index in [4.69, 9.17) is 0 Å². The quantitative estimate of drug-likeness (QED) is 0.722. The maximum absolute atomic E-state index is 13.9. The molecule has 23 heavy (non-hydrogen) atoms. The number of halogens is 2. The molecule has 0 unspecified atom stereocenters. The van der Waals surface area contributed by atoms with Gasteiger partial charge >= 0.3 is 0 Å². The van der Waals surface area contributed by atoms with E-state index in [1.54, 1.807) is 24.4 Å². The van der Waals surface area contributed by atoms with E-state index in [2.05, 4.69) is 25.6 Å². The Bertz CT molecular complexity index is 1010. The summed E-state index contributed by atoms with van der Waals surface area (Å²) in [6.07, 6.45) is 1.60. The summed E-state index contributed by atoms with van der Waals surface area (Å²) in [5.74, 6) is -0.660. The van der Waals surface area contributed by atoms with Crippen LogP contribution in [0.4, 0.5) is 10.1 Å². The highest BCUT2D eigenvalue weighted by molar-refractivity contribution is 9.10. The Balaban J connectivity index is 2.10. The molecule has 1 N–H and O–H groups in total. The van der Waals surface area contributed by atoms with Gasteiger partial charge in [0.05, 0.1) is 11.2 Å². The number of rotatable bonds is 3. The fourth-order valence-corrected chi connectivity index (χ4v) is 3.81. The molecule has 0 saturated carbocycles. The second kappa shape index (κ2) is 5.90. The number of benzene rings is 2. The minimum atomic E-state index is -3.96. The van der Waals surface area contributed by atoms with Gasteiger partial charge in [0.15, 0.2) is 0 Å². The molecular weight excluding hydrogens is 383 g/mol. The number of aromatic nitrogens is 1. The molecule has 3 rings (SSSR count). The Morgan fingerprint density at radius 2 is 1.96 bits per heavy atom. The molecule has 0 aliphatic carbocycles. The number of fused-ring (bicyclic) bond motifs is 1. The van der Waals surface area contributed by atoms with Crippen LogP contribution in [0.2, 0.25) is 0 Å². The Kier molecular flexibility index (Phi) is 4.08. The van der Waals surface area contributed by atoms with Gasteiger partial charge in [-0.2, -0.15) is 0 Å². The first-order chi connectivity index (χ1) is 10.9. The van der Waals surface area contributed by atoms with Crippen LogP contribution in [0.25, 0.3) is 10.9 Å². The molecule has 3 aromatic rings. The van der Waals surface area contributed by atoms with Crippen LogP contribution in [0.3, 0.4) is 0 Å². The van der Waals surface area contributed by atoms with Gasteiger partial charge in [0, 0.05) is 16.1 Å². The average Bonchev–Trinajstić information content (AvgIpc) is 2.49. The summed E-state index contributed by atoms with van der Waals surface area (Å²) >= 11 is 3.13. The molecule has 0 saturated heterocycles. The Labute approximate surface area is 141 Å². The molecule has 0 radical (unpaired) electrons. The van der Waals surface area contributed by atoms with Crippen molar-refractivity contribution < 1.29 is 12.8 Å². The number of anilines is 1. The van der Waals surface area contributed by atoms with Gasteiger partial charge in [-0.05, 0) is 42.8 Å². The molecule has 1 heterocycles. The first-order valence-corrected chi connectivity index (χ1v) is 8.98. The molecule has 0 aliphatic heterocycles. The molecule has 0 fully saturated rings. The fourth-order valence-electron chi connectivity index (χ4n) is 2.23. The smallest absolute Gasteiger partial charge is 0.264 e. The lowest BCUT2D eigenvalue weighted by Gasteiger charge is -2.11. The predicted molar refractivity (Wildman–Crippen MR) is 91.4 cm³/mol. The number of nitrogens with zero attached hydrogens (tertiary/aromatic N) is 1. The molecule has 0 spiro atoms. The van der Waals surface area contributed by atoms with Crippen molar-refractivity contribution >= 4 is 42.5 Å². The highest BCUT2D eigenvalue weighted by Gasteiger charge is 2.20. The van der Waals surface area contributed by atoms with Gasteiger partial charge in [-0.15, -0.1) is 0 Å². The van der Waals surface area contributed by atoms with Crippen LogP contribution < -0.4 is 4.72 Å². The van der Waals surface area contributed by atoms with Crippen LogP contribution in [0.5, 0.6) is 0 Å². The van der Waals surface area contributed by atoms with Crippen LogP contribution in [-0.4, -0.2) is 13.4 Å². The van der Waals surface area contributed by atoms with Gasteiger partial charge in [0.2, 0.25) is 0 Å². The number of hydrogen-bond acceptors (Lipinski definition) is 3. The van der Waals surface area contributed by atoms with E-state index in [9.17, 15) is 12.8 Å². The molecule has 0 atom stereocenters. The Hall–Kier alpha value is -1.99. The van der Waals surface area contributed by atoms with E-state index in [0.717, 1.165) is 5.56 Å². The highest BCUT2D eigenvalue weighted by atomic mass is 79.9. The first kappa shape index (κ1) is 15.9. The molecule has 0 amide bonds. The lowest BCUT2D eigenvalue weighted by molar-refractivity contribution is 0.599. The van der Waals surface area contributed by atoms with Crippen molar-refractivity contribution in [3.05, 3.63) is 64.5 Å².